The van der Waals surface area contributed by atoms with Gasteiger partial charge < -0.3 is 0 Å². The number of nitrogens with zero attached hydrogens (tertiary/aromatic N) is 1. The number of hydrogen-bond acceptors (Lipinski definition) is 4. The van der Waals surface area contributed by atoms with Gasteiger partial charge in [0, 0.05) is 0 Å². The molecule has 1 aromatic carbocycles. The molecule has 0 spiro atoms. The molecule has 0 aromatic heterocycles. The zero-order valence-corrected chi connectivity index (χ0v) is 15.0. The van der Waals surface area contributed by atoms with E-state index in [2.05, 4.69) is 0 Å². The molecule has 3 fully saturated rings. The third-order valence-electron chi connectivity index (χ3n) is 4.04. The van der Waals surface area contributed by atoms with Crippen LogP contribution in [0.5, 0.6) is 0 Å². The van der Waals surface area contributed by atoms with Crippen LogP contribution in [0.25, 0.3) is 0 Å². The quantitative estimate of drug-likeness (QED) is 0.504. The Morgan fingerprint density at radius 1 is 0.720 bits per heavy atom. The van der Waals surface area contributed by atoms with E-state index in [1.807, 2.05) is 4.90 Å². The van der Waals surface area contributed by atoms with Gasteiger partial charge in [-0.15, -0.1) is 0 Å². The Hall–Kier alpha value is -0.817. The first-order valence-corrected chi connectivity index (χ1v) is 11.2. The molecule has 1 aromatic rings. The van der Waals surface area contributed by atoms with Gasteiger partial charge in [0.1, 0.15) is 0 Å². The third kappa shape index (κ3) is 4.13. The van der Waals surface area contributed by atoms with Crippen LogP contribution in [0.3, 0.4) is 0 Å². The van der Waals surface area contributed by atoms with Gasteiger partial charge in [-0.2, -0.15) is 0 Å². The van der Waals surface area contributed by atoms with Crippen molar-refractivity contribution in [1.82, 2.24) is 4.90 Å². The normalized spacial score (nSPS) is 28.3. The van der Waals surface area contributed by atoms with E-state index in [9.17, 15) is 26.3 Å². The van der Waals surface area contributed by atoms with Crippen molar-refractivity contribution in [3.63, 3.8) is 0 Å². The predicted molar refractivity (Wildman–Crippen MR) is 76.1 cm³/mol. The van der Waals surface area contributed by atoms with Gasteiger partial charge in [0.15, 0.2) is 0 Å². The molecule has 3 aliphatic rings. The monoisotopic (exact) mass is 433 g/mol. The van der Waals surface area contributed by atoms with E-state index in [1.165, 1.54) is 0 Å². The van der Waals surface area contributed by atoms with E-state index in [0.29, 0.717) is 31.8 Å². The van der Waals surface area contributed by atoms with Crippen molar-refractivity contribution >= 4 is 18.7 Å². The van der Waals surface area contributed by atoms with Crippen LogP contribution in [0, 0.1) is 0 Å². The summed E-state index contributed by atoms with van der Waals surface area (Å²) >= 11 is -4.47. The summed E-state index contributed by atoms with van der Waals surface area (Å²) in [5, 5.41) is 0. The molecule has 3 heterocycles. The summed E-state index contributed by atoms with van der Waals surface area (Å²) in [5.74, 6) is 0. The number of fused-ring (bicyclic) bond motifs is 6. The molecule has 4 nitrogen and oxygen atoms in total. The maximum atomic E-state index is 13.1. The first kappa shape index (κ1) is 19.0. The van der Waals surface area contributed by atoms with Crippen molar-refractivity contribution in [2.24, 2.45) is 0 Å². The molecule has 0 radical (unpaired) electrons. The zero-order valence-electron chi connectivity index (χ0n) is 12.9. The topological polar surface area (TPSA) is 30.9 Å². The minimum atomic E-state index is -4.92. The van der Waals surface area contributed by atoms with Gasteiger partial charge in [0.25, 0.3) is 0 Å². The van der Waals surface area contributed by atoms with Crippen molar-refractivity contribution in [3.8, 4) is 0 Å². The second kappa shape index (κ2) is 6.73. The van der Waals surface area contributed by atoms with E-state index < -0.39 is 37.8 Å². The number of halogens is 6. The molecule has 0 atom stereocenters. The molecule has 0 amide bonds. The second-order valence-corrected chi connectivity index (χ2v) is 11.1. The molecule has 140 valence electrons. The summed E-state index contributed by atoms with van der Waals surface area (Å²) in [7, 11) is 0. The Morgan fingerprint density at radius 3 is 1.48 bits per heavy atom. The second-order valence-electron chi connectivity index (χ2n) is 5.74. The average molecular weight is 432 g/mol. The van der Waals surface area contributed by atoms with Crippen LogP contribution in [-0.4, -0.2) is 58.6 Å². The van der Waals surface area contributed by atoms with Crippen LogP contribution < -0.4 is 4.40 Å². The van der Waals surface area contributed by atoms with Gasteiger partial charge in [-0.05, 0) is 0 Å². The maximum absolute atomic E-state index is 13.1. The summed E-state index contributed by atoms with van der Waals surface area (Å²) in [6.07, 6.45) is -9.84. The van der Waals surface area contributed by atoms with Crippen LogP contribution in [0.15, 0.2) is 18.2 Å². The van der Waals surface area contributed by atoms with Crippen LogP contribution in [0.2, 0.25) is 0 Å². The molecule has 25 heavy (non-hydrogen) atoms. The Labute approximate surface area is 143 Å². The van der Waals surface area contributed by atoms with E-state index in [4.69, 9.17) is 11.3 Å². The molecule has 2 bridgehead atoms. The standard InChI is InChI=1S/C14H15F6GeNO3/c15-13(16,17)10-7-11(14(18,19)20)9-12(8-10)21-23-4-1-22(2-5-24-21)3-6-25-21/h7-9H,1-6H2. The van der Waals surface area contributed by atoms with Gasteiger partial charge in [0.05, 0.1) is 0 Å². The fourth-order valence-electron chi connectivity index (χ4n) is 2.77. The van der Waals surface area contributed by atoms with E-state index in [0.717, 1.165) is 0 Å². The fourth-order valence-corrected chi connectivity index (χ4v) is 8.00. The number of hydrogen-bond donors (Lipinski definition) is 0. The van der Waals surface area contributed by atoms with E-state index in [-0.39, 0.29) is 30.3 Å². The van der Waals surface area contributed by atoms with E-state index >= 15 is 0 Å². The average Bonchev–Trinajstić information content (AvgIpc) is 2.43. The SMILES string of the molecule is FC(F)(F)c1cc(C(F)(F)F)c[c]([Ge]23[O]CCN(CC[O]2)CC[O]3)c1. The van der Waals surface area contributed by atoms with Crippen LogP contribution in [-0.2, 0) is 23.6 Å². The van der Waals surface area contributed by atoms with Crippen molar-refractivity contribution in [2.75, 3.05) is 39.5 Å². The molecule has 3 saturated heterocycles. The Balaban J connectivity index is 2.10. The molecular weight excluding hydrogens is 417 g/mol. The number of rotatable bonds is 1. The van der Waals surface area contributed by atoms with Crippen molar-refractivity contribution < 1.29 is 37.6 Å². The van der Waals surface area contributed by atoms with Crippen molar-refractivity contribution in [2.45, 2.75) is 12.4 Å². The summed E-state index contributed by atoms with van der Waals surface area (Å²) in [5.41, 5.74) is -2.78. The third-order valence-corrected chi connectivity index (χ3v) is 9.81. The van der Waals surface area contributed by atoms with Gasteiger partial charge in [0.2, 0.25) is 0 Å². The molecule has 3 aliphatic heterocycles. The summed E-state index contributed by atoms with van der Waals surface area (Å²) in [6, 6.07) is 1.42. The molecule has 11 heteroatoms. The van der Waals surface area contributed by atoms with Gasteiger partial charge >= 0.3 is 142 Å². The van der Waals surface area contributed by atoms with Gasteiger partial charge in [-0.1, -0.05) is 0 Å². The molecular formula is C14H15F6GeNO3. The van der Waals surface area contributed by atoms with Gasteiger partial charge in [-0.3, -0.25) is 0 Å². The summed E-state index contributed by atoms with van der Waals surface area (Å²) in [4.78, 5) is 2.00. The summed E-state index contributed by atoms with van der Waals surface area (Å²) in [6.45, 7) is 2.01. The molecule has 0 saturated carbocycles. The molecule has 0 N–H and O–H groups in total. The molecule has 0 unspecified atom stereocenters. The van der Waals surface area contributed by atoms with Crippen LogP contribution >= 0.6 is 0 Å². The minimum absolute atomic E-state index is 0.0932. The van der Waals surface area contributed by atoms with Crippen molar-refractivity contribution in [1.29, 1.82) is 0 Å². The Kier molecular flexibility index (Phi) is 5.10. The summed E-state index contributed by atoms with van der Waals surface area (Å²) < 4.78 is 95.2. The fraction of sp³-hybridized carbons (Fsp3) is 0.571. The first-order valence-electron chi connectivity index (χ1n) is 7.54. The Morgan fingerprint density at radius 2 is 1.12 bits per heavy atom. The number of benzene rings is 1. The number of alkyl halides is 6. The van der Waals surface area contributed by atoms with Crippen LogP contribution in [0.4, 0.5) is 26.3 Å². The molecule has 0 aliphatic carbocycles. The van der Waals surface area contributed by atoms with Gasteiger partial charge in [-0.25, -0.2) is 0 Å². The predicted octanol–water partition coefficient (Wildman–Crippen LogP) is 2.25. The molecule has 4 rings (SSSR count). The van der Waals surface area contributed by atoms with E-state index in [1.54, 1.807) is 0 Å². The Bertz CT molecular complexity index is 577. The van der Waals surface area contributed by atoms with Crippen molar-refractivity contribution in [3.05, 3.63) is 29.3 Å². The van der Waals surface area contributed by atoms with Crippen LogP contribution in [0.1, 0.15) is 11.1 Å². The first-order chi connectivity index (χ1) is 11.6. The zero-order chi connectivity index (χ0) is 18.3.